The number of aliphatic imine (C=N–C) groups is 1. The first-order chi connectivity index (χ1) is 12.6. The van der Waals surface area contributed by atoms with Gasteiger partial charge in [0.25, 0.3) is 0 Å². The van der Waals surface area contributed by atoms with E-state index in [2.05, 4.69) is 4.98 Å². The number of aromatic nitrogens is 2. The zero-order valence-electron chi connectivity index (χ0n) is 13.8. The average Bonchev–Trinajstić information content (AvgIpc) is 2.81. The first kappa shape index (κ1) is 16.4. The quantitative estimate of drug-likeness (QED) is 0.687. The van der Waals surface area contributed by atoms with Gasteiger partial charge in [-0.3, -0.25) is 9.56 Å². The molecule has 0 atom stereocenters. The summed E-state index contributed by atoms with van der Waals surface area (Å²) in [4.78, 5) is 20.0. The van der Waals surface area contributed by atoms with Crippen LogP contribution in [0.15, 0.2) is 53.5 Å². The maximum Gasteiger partial charge on any atom is 0.512 e. The Labute approximate surface area is 154 Å². The van der Waals surface area contributed by atoms with Crippen molar-refractivity contribution in [1.29, 1.82) is 0 Å². The summed E-state index contributed by atoms with van der Waals surface area (Å²) in [5.74, 6) is 0.674. The maximum atomic E-state index is 11.0. The molecule has 6 nitrogen and oxygen atoms in total. The Morgan fingerprint density at radius 3 is 2.58 bits per heavy atom. The maximum absolute atomic E-state index is 11.0. The molecule has 0 aliphatic carbocycles. The summed E-state index contributed by atoms with van der Waals surface area (Å²) in [6, 6.07) is 15.2. The van der Waals surface area contributed by atoms with Crippen LogP contribution in [0, 0.1) is 6.92 Å². The molecule has 4 rings (SSSR count). The van der Waals surface area contributed by atoms with E-state index in [0.29, 0.717) is 16.5 Å². The molecule has 0 amide bonds. The molecule has 3 aromatic rings. The second-order valence-corrected chi connectivity index (χ2v) is 6.18. The first-order valence-electron chi connectivity index (χ1n) is 7.94. The fourth-order valence-electron chi connectivity index (χ4n) is 3.17. The molecule has 0 unspecified atom stereocenters. The average molecular weight is 368 g/mol. The number of benzene rings is 2. The molecule has 0 fully saturated rings. The highest BCUT2D eigenvalue weighted by atomic mass is 35.5. The zero-order chi connectivity index (χ0) is 18.3. The molecule has 1 aliphatic rings. The molecule has 130 valence electrons. The van der Waals surface area contributed by atoms with Gasteiger partial charge in [-0.25, -0.2) is 4.79 Å². The van der Waals surface area contributed by atoms with Crippen LogP contribution in [0.3, 0.4) is 0 Å². The van der Waals surface area contributed by atoms with Gasteiger partial charge in [0.05, 0.1) is 17.9 Å². The van der Waals surface area contributed by atoms with Gasteiger partial charge in [0.2, 0.25) is 5.88 Å². The van der Waals surface area contributed by atoms with Gasteiger partial charge in [-0.1, -0.05) is 48.0 Å². The van der Waals surface area contributed by atoms with Crippen LogP contribution in [0.25, 0.3) is 5.69 Å². The van der Waals surface area contributed by atoms with Gasteiger partial charge in [-0.15, -0.1) is 0 Å². The van der Waals surface area contributed by atoms with Crippen LogP contribution in [0.1, 0.15) is 22.6 Å². The summed E-state index contributed by atoms with van der Waals surface area (Å²) in [6.07, 6.45) is -1.40. The number of para-hydroxylation sites is 1. The number of fused-ring (bicyclic) bond motifs is 3. The van der Waals surface area contributed by atoms with E-state index >= 15 is 0 Å². The fourth-order valence-corrected chi connectivity index (χ4v) is 3.39. The molecule has 1 N–H and O–H groups in total. The van der Waals surface area contributed by atoms with Crippen LogP contribution in [-0.4, -0.2) is 26.5 Å². The largest absolute Gasteiger partial charge is 0.512 e. The van der Waals surface area contributed by atoms with E-state index in [1.165, 1.54) is 0 Å². The Bertz CT molecular complexity index is 1060. The molecule has 26 heavy (non-hydrogen) atoms. The predicted octanol–water partition coefficient (Wildman–Crippen LogP) is 4.24. The lowest BCUT2D eigenvalue weighted by Crippen LogP contribution is -2.08. The molecule has 0 saturated heterocycles. The van der Waals surface area contributed by atoms with Crippen molar-refractivity contribution in [1.82, 2.24) is 9.55 Å². The summed E-state index contributed by atoms with van der Waals surface area (Å²) in [5.41, 5.74) is 3.89. The van der Waals surface area contributed by atoms with E-state index in [9.17, 15) is 4.79 Å². The third-order valence-corrected chi connectivity index (χ3v) is 4.53. The number of hydrogen-bond donors (Lipinski definition) is 1. The van der Waals surface area contributed by atoms with Gasteiger partial charge in [0.15, 0.2) is 0 Å². The Balaban J connectivity index is 1.97. The van der Waals surface area contributed by atoms with Crippen LogP contribution >= 0.6 is 11.6 Å². The normalized spacial score (nSPS) is 12.6. The molecule has 2 heterocycles. The summed E-state index contributed by atoms with van der Waals surface area (Å²) in [6.45, 7) is 2.02. The van der Waals surface area contributed by atoms with Crippen LogP contribution in [0.4, 0.5) is 4.79 Å². The number of hydrogen-bond acceptors (Lipinski definition) is 4. The smallest absolute Gasteiger partial charge is 0.449 e. The zero-order valence-corrected chi connectivity index (χ0v) is 14.6. The van der Waals surface area contributed by atoms with Crippen molar-refractivity contribution in [3.05, 3.63) is 76.2 Å². The summed E-state index contributed by atoms with van der Waals surface area (Å²) in [5, 5.41) is 9.59. The minimum Gasteiger partial charge on any atom is -0.449 e. The summed E-state index contributed by atoms with van der Waals surface area (Å²) >= 11 is 6.39. The van der Waals surface area contributed by atoms with Gasteiger partial charge in [-0.05, 0) is 19.1 Å². The molecule has 1 aromatic heterocycles. The molecule has 0 bridgehead atoms. The Hall–Kier alpha value is -3.12. The van der Waals surface area contributed by atoms with Crippen molar-refractivity contribution in [3.8, 4) is 11.6 Å². The lowest BCUT2D eigenvalue weighted by atomic mass is 10.0. The summed E-state index contributed by atoms with van der Waals surface area (Å²) in [7, 11) is 0. The van der Waals surface area contributed by atoms with E-state index in [1.54, 1.807) is 6.92 Å². The lowest BCUT2D eigenvalue weighted by Gasteiger charge is -2.13. The van der Waals surface area contributed by atoms with E-state index in [1.807, 2.05) is 53.1 Å². The second kappa shape index (κ2) is 6.31. The standard InChI is InChI=1S/C19H14ClN3O3/c1-11-22-18(26-19(24)25)16-10-21-17(12-6-2-4-8-14(12)20)13-7-3-5-9-15(13)23(11)16/h2-9H,10H2,1H3,(H,24,25). The van der Waals surface area contributed by atoms with Gasteiger partial charge in [0.1, 0.15) is 11.5 Å². The van der Waals surface area contributed by atoms with Crippen LogP contribution in [0.2, 0.25) is 5.02 Å². The lowest BCUT2D eigenvalue weighted by molar-refractivity contribution is 0.142. The van der Waals surface area contributed by atoms with Crippen LogP contribution in [-0.2, 0) is 6.54 Å². The third-order valence-electron chi connectivity index (χ3n) is 4.20. The van der Waals surface area contributed by atoms with Crippen LogP contribution in [0.5, 0.6) is 5.88 Å². The number of aryl methyl sites for hydroxylation is 1. The molecule has 1 aliphatic heterocycles. The molecule has 7 heteroatoms. The van der Waals surface area contributed by atoms with E-state index in [-0.39, 0.29) is 12.4 Å². The monoisotopic (exact) mass is 367 g/mol. The van der Waals surface area contributed by atoms with Crippen molar-refractivity contribution in [2.45, 2.75) is 13.5 Å². The van der Waals surface area contributed by atoms with E-state index in [4.69, 9.17) is 26.4 Å². The first-order valence-corrected chi connectivity index (χ1v) is 8.32. The molecule has 0 radical (unpaired) electrons. The van der Waals surface area contributed by atoms with Gasteiger partial charge >= 0.3 is 6.16 Å². The van der Waals surface area contributed by atoms with Gasteiger partial charge in [-0.2, -0.15) is 4.98 Å². The fraction of sp³-hybridized carbons (Fsp3) is 0.105. The van der Waals surface area contributed by atoms with Crippen molar-refractivity contribution in [2.24, 2.45) is 4.99 Å². The predicted molar refractivity (Wildman–Crippen MR) is 97.7 cm³/mol. The van der Waals surface area contributed by atoms with Gasteiger partial charge in [0, 0.05) is 16.1 Å². The molecular formula is C19H14ClN3O3. The number of imidazole rings is 1. The third kappa shape index (κ3) is 2.64. The number of nitrogens with zero attached hydrogens (tertiary/aromatic N) is 3. The number of carbonyl (C=O) groups is 1. The Morgan fingerprint density at radius 1 is 1.15 bits per heavy atom. The highest BCUT2D eigenvalue weighted by molar-refractivity contribution is 6.35. The van der Waals surface area contributed by atoms with Gasteiger partial charge < -0.3 is 9.84 Å². The topological polar surface area (TPSA) is 76.7 Å². The highest BCUT2D eigenvalue weighted by Crippen LogP contribution is 2.32. The molecule has 2 aromatic carbocycles. The van der Waals surface area contributed by atoms with E-state index < -0.39 is 6.16 Å². The summed E-state index contributed by atoms with van der Waals surface area (Å²) < 4.78 is 6.73. The van der Waals surface area contributed by atoms with Crippen molar-refractivity contribution < 1.29 is 14.6 Å². The number of carboxylic acid groups (broad SMARTS) is 1. The molecule has 0 spiro atoms. The SMILES string of the molecule is Cc1nc(OC(=O)O)c2n1-c1ccccc1C(c1ccccc1Cl)=NC2. The van der Waals surface area contributed by atoms with Crippen LogP contribution < -0.4 is 4.74 Å². The second-order valence-electron chi connectivity index (χ2n) is 5.78. The van der Waals surface area contributed by atoms with Crippen molar-refractivity contribution in [3.63, 3.8) is 0 Å². The van der Waals surface area contributed by atoms with E-state index in [0.717, 1.165) is 22.5 Å². The highest BCUT2D eigenvalue weighted by Gasteiger charge is 2.25. The Morgan fingerprint density at radius 2 is 1.85 bits per heavy atom. The molecular weight excluding hydrogens is 354 g/mol. The van der Waals surface area contributed by atoms with Crippen molar-refractivity contribution in [2.75, 3.05) is 0 Å². The minimum absolute atomic E-state index is 0.0500. The number of rotatable bonds is 2. The number of ether oxygens (including phenoxy) is 1. The van der Waals surface area contributed by atoms with Crippen molar-refractivity contribution >= 4 is 23.5 Å². The minimum atomic E-state index is -1.40. The Kier molecular flexibility index (Phi) is 3.97. The molecule has 0 saturated carbocycles. The number of halogens is 1.